The van der Waals surface area contributed by atoms with Crippen LogP contribution in [-0.2, 0) is 0 Å². The van der Waals surface area contributed by atoms with E-state index in [0.717, 1.165) is 11.4 Å². The third-order valence-corrected chi connectivity index (χ3v) is 1.71. The Morgan fingerprint density at radius 1 is 1.31 bits per heavy atom. The van der Waals surface area contributed by atoms with Gasteiger partial charge >= 0.3 is 0 Å². The molecular formula is C11H18N2. The Hall–Kier alpha value is -1.31. The summed E-state index contributed by atoms with van der Waals surface area (Å²) in [6.45, 7) is 11.5. The molecule has 0 spiro atoms. The summed E-state index contributed by atoms with van der Waals surface area (Å²) in [7, 11) is 0. The first-order valence-electron chi connectivity index (χ1n) is 4.53. The largest absolute Gasteiger partial charge is 0.304 e. The van der Waals surface area contributed by atoms with Crippen LogP contribution >= 0.6 is 0 Å². The number of nitrogens with zero attached hydrogens (tertiary/aromatic N) is 1. The molecule has 1 aromatic heterocycles. The lowest BCUT2D eigenvalue weighted by Gasteiger charge is -2.05. The molecule has 0 aliphatic heterocycles. The lowest BCUT2D eigenvalue weighted by molar-refractivity contribution is 1.02. The van der Waals surface area contributed by atoms with E-state index >= 15 is 0 Å². The normalized spacial score (nSPS) is 8.62. The fraction of sp³-hybridized carbons (Fsp3) is 0.364. The van der Waals surface area contributed by atoms with Crippen LogP contribution in [0.4, 0.5) is 0 Å². The molecule has 72 valence electrons. The first kappa shape index (κ1) is 11.7. The number of hydrogen-bond donors (Lipinski definition) is 1. The Morgan fingerprint density at radius 2 is 1.69 bits per heavy atom. The van der Waals surface area contributed by atoms with Gasteiger partial charge in [0.05, 0.1) is 0 Å². The number of aromatic nitrogens is 1. The Kier molecular flexibility index (Phi) is 4.82. The van der Waals surface area contributed by atoms with E-state index in [1.165, 1.54) is 0 Å². The maximum atomic E-state index is 7.52. The van der Waals surface area contributed by atoms with Crippen molar-refractivity contribution in [3.05, 3.63) is 36.2 Å². The molecule has 1 aromatic rings. The molecule has 0 aliphatic rings. The van der Waals surface area contributed by atoms with Gasteiger partial charge in [0.1, 0.15) is 5.84 Å². The molecule has 2 heteroatoms. The zero-order valence-corrected chi connectivity index (χ0v) is 8.89. The van der Waals surface area contributed by atoms with Gasteiger partial charge in [0.2, 0.25) is 0 Å². The summed E-state index contributed by atoms with van der Waals surface area (Å²) in [5, 5.41) is 7.52. The van der Waals surface area contributed by atoms with Crippen molar-refractivity contribution >= 4 is 5.84 Å². The zero-order chi connectivity index (χ0) is 10.4. The minimum absolute atomic E-state index is 0.435. The molecule has 1 N–H and O–H groups in total. The first-order valence-corrected chi connectivity index (χ1v) is 4.53. The molecule has 0 atom stereocenters. The summed E-state index contributed by atoms with van der Waals surface area (Å²) in [5.41, 5.74) is 2.15. The molecule has 0 unspecified atom stereocenters. The van der Waals surface area contributed by atoms with Gasteiger partial charge in [-0.05, 0) is 32.1 Å². The predicted molar refractivity (Wildman–Crippen MR) is 58.6 cm³/mol. The van der Waals surface area contributed by atoms with E-state index in [2.05, 4.69) is 6.58 Å². The number of nitrogens with one attached hydrogen (secondary N) is 1. The fourth-order valence-electron chi connectivity index (χ4n) is 1.14. The van der Waals surface area contributed by atoms with Crippen LogP contribution in [0.5, 0.6) is 0 Å². The van der Waals surface area contributed by atoms with Crippen molar-refractivity contribution in [1.82, 2.24) is 4.57 Å². The van der Waals surface area contributed by atoms with Crippen LogP contribution in [0.15, 0.2) is 24.8 Å². The highest BCUT2D eigenvalue weighted by molar-refractivity contribution is 5.92. The number of hydrogen-bond acceptors (Lipinski definition) is 1. The van der Waals surface area contributed by atoms with Gasteiger partial charge in [-0.15, -0.1) is 0 Å². The SMILES string of the molecule is C=CC(=N)n1c(C)ccc1C.CC. The number of rotatable bonds is 1. The van der Waals surface area contributed by atoms with Gasteiger partial charge in [-0.3, -0.25) is 5.41 Å². The summed E-state index contributed by atoms with van der Waals surface area (Å²) in [4.78, 5) is 0. The lowest BCUT2D eigenvalue weighted by Crippen LogP contribution is -2.09. The van der Waals surface area contributed by atoms with Gasteiger partial charge in [0.25, 0.3) is 0 Å². The van der Waals surface area contributed by atoms with Crippen LogP contribution in [-0.4, -0.2) is 10.4 Å². The summed E-state index contributed by atoms with van der Waals surface area (Å²) in [5.74, 6) is 0.435. The Bertz CT molecular complexity index is 276. The summed E-state index contributed by atoms with van der Waals surface area (Å²) >= 11 is 0. The summed E-state index contributed by atoms with van der Waals surface area (Å²) in [6, 6.07) is 3.99. The Labute approximate surface area is 80.4 Å². The monoisotopic (exact) mass is 178 g/mol. The van der Waals surface area contributed by atoms with Gasteiger partial charge in [-0.2, -0.15) is 0 Å². The average Bonchev–Trinajstić information content (AvgIpc) is 2.49. The Balaban J connectivity index is 0.000000671. The maximum Gasteiger partial charge on any atom is 0.128 e. The third-order valence-electron chi connectivity index (χ3n) is 1.71. The zero-order valence-electron chi connectivity index (χ0n) is 8.89. The molecule has 13 heavy (non-hydrogen) atoms. The predicted octanol–water partition coefficient (Wildman–Crippen LogP) is 3.14. The molecule has 0 aliphatic carbocycles. The van der Waals surface area contributed by atoms with Crippen LogP contribution in [0.1, 0.15) is 25.2 Å². The fourth-order valence-corrected chi connectivity index (χ4v) is 1.14. The van der Waals surface area contributed by atoms with Crippen LogP contribution in [0.2, 0.25) is 0 Å². The molecule has 0 fully saturated rings. The van der Waals surface area contributed by atoms with Crippen molar-refractivity contribution in [3.8, 4) is 0 Å². The standard InChI is InChI=1S/C9H12N2.C2H6/c1-4-9(10)11-7(2)5-6-8(11)3;1-2/h4-6,10H,1H2,2-3H3;1-2H3. The maximum absolute atomic E-state index is 7.52. The molecule has 2 nitrogen and oxygen atoms in total. The molecule has 0 saturated heterocycles. The van der Waals surface area contributed by atoms with Crippen molar-refractivity contribution in [2.75, 3.05) is 0 Å². The molecular weight excluding hydrogens is 160 g/mol. The minimum Gasteiger partial charge on any atom is -0.304 e. The molecule has 0 saturated carbocycles. The summed E-state index contributed by atoms with van der Waals surface area (Å²) in [6.07, 6.45) is 1.54. The van der Waals surface area contributed by atoms with E-state index < -0.39 is 0 Å². The lowest BCUT2D eigenvalue weighted by atomic mass is 10.4. The second-order valence-electron chi connectivity index (χ2n) is 2.54. The van der Waals surface area contributed by atoms with Gasteiger partial charge in [0, 0.05) is 11.4 Å². The first-order chi connectivity index (χ1) is 6.16. The van der Waals surface area contributed by atoms with Gasteiger partial charge < -0.3 is 4.57 Å². The van der Waals surface area contributed by atoms with E-state index in [0.29, 0.717) is 5.84 Å². The highest BCUT2D eigenvalue weighted by Gasteiger charge is 2.01. The topological polar surface area (TPSA) is 28.8 Å². The van der Waals surface area contributed by atoms with Crippen LogP contribution in [0.3, 0.4) is 0 Å². The minimum atomic E-state index is 0.435. The van der Waals surface area contributed by atoms with E-state index in [9.17, 15) is 0 Å². The number of aryl methyl sites for hydroxylation is 2. The van der Waals surface area contributed by atoms with Crippen LogP contribution < -0.4 is 0 Å². The highest BCUT2D eigenvalue weighted by atomic mass is 15.0. The van der Waals surface area contributed by atoms with Crippen LogP contribution in [0, 0.1) is 19.3 Å². The molecule has 0 aromatic carbocycles. The van der Waals surface area contributed by atoms with E-state index in [-0.39, 0.29) is 0 Å². The van der Waals surface area contributed by atoms with E-state index in [1.54, 1.807) is 6.08 Å². The number of allylic oxidation sites excluding steroid dienone is 1. The second kappa shape index (κ2) is 5.36. The van der Waals surface area contributed by atoms with E-state index in [1.807, 2.05) is 44.4 Å². The summed E-state index contributed by atoms with van der Waals surface area (Å²) < 4.78 is 1.85. The van der Waals surface area contributed by atoms with Crippen molar-refractivity contribution in [3.63, 3.8) is 0 Å². The van der Waals surface area contributed by atoms with Gasteiger partial charge in [0.15, 0.2) is 0 Å². The highest BCUT2D eigenvalue weighted by Crippen LogP contribution is 2.06. The van der Waals surface area contributed by atoms with Crippen molar-refractivity contribution in [1.29, 1.82) is 5.41 Å². The smallest absolute Gasteiger partial charge is 0.128 e. The van der Waals surface area contributed by atoms with E-state index in [4.69, 9.17) is 5.41 Å². The average molecular weight is 178 g/mol. The van der Waals surface area contributed by atoms with Crippen molar-refractivity contribution in [2.45, 2.75) is 27.7 Å². The second-order valence-corrected chi connectivity index (χ2v) is 2.54. The van der Waals surface area contributed by atoms with Gasteiger partial charge in [-0.25, -0.2) is 0 Å². The Morgan fingerprint density at radius 3 is 2.00 bits per heavy atom. The molecule has 0 amide bonds. The molecule has 0 radical (unpaired) electrons. The van der Waals surface area contributed by atoms with Crippen molar-refractivity contribution in [2.24, 2.45) is 0 Å². The van der Waals surface area contributed by atoms with Crippen molar-refractivity contribution < 1.29 is 0 Å². The molecule has 1 rings (SSSR count). The van der Waals surface area contributed by atoms with Crippen LogP contribution in [0.25, 0.3) is 0 Å². The quantitative estimate of drug-likeness (QED) is 0.505. The molecule has 1 heterocycles. The molecule has 0 bridgehead atoms. The third kappa shape index (κ3) is 2.58. The van der Waals surface area contributed by atoms with Gasteiger partial charge in [-0.1, -0.05) is 20.4 Å².